The molecule has 0 N–H and O–H groups in total. The van der Waals surface area contributed by atoms with Gasteiger partial charge in [0.25, 0.3) is 0 Å². The summed E-state index contributed by atoms with van der Waals surface area (Å²) in [4.78, 5) is 12.5. The van der Waals surface area contributed by atoms with E-state index in [9.17, 15) is 4.79 Å². The van der Waals surface area contributed by atoms with Gasteiger partial charge in [-0.2, -0.15) is 0 Å². The summed E-state index contributed by atoms with van der Waals surface area (Å²) in [5, 5.41) is 0.402. The second kappa shape index (κ2) is 13.2. The highest BCUT2D eigenvalue weighted by molar-refractivity contribution is 8.15. The summed E-state index contributed by atoms with van der Waals surface area (Å²) in [6.45, 7) is 10.5. The number of hydrogen-bond acceptors (Lipinski definition) is 3. The third kappa shape index (κ3) is 11.7. The predicted octanol–water partition coefficient (Wildman–Crippen LogP) is 4.43. The molecule has 0 aliphatic carbocycles. The molecule has 0 saturated heterocycles. The Morgan fingerprint density at radius 1 is 1.16 bits per heavy atom. The number of unbranched alkanes of at least 4 members (excludes halogenated alkanes) is 4. The summed E-state index contributed by atoms with van der Waals surface area (Å²) in [7, 11) is -0.774. The van der Waals surface area contributed by atoms with E-state index in [4.69, 9.17) is 4.74 Å². The topological polar surface area (TPSA) is 26.3 Å². The first-order chi connectivity index (χ1) is 9.11. The Morgan fingerprint density at radius 3 is 2.42 bits per heavy atom. The lowest BCUT2D eigenvalue weighted by molar-refractivity contribution is -0.111. The number of rotatable bonds is 12. The molecule has 0 heterocycles. The first kappa shape index (κ1) is 19.2. The highest BCUT2D eigenvalue weighted by Gasteiger charge is 2.18. The molecule has 0 aromatic heterocycles. The first-order valence-electron chi connectivity index (χ1n) is 7.89. The van der Waals surface area contributed by atoms with Gasteiger partial charge in [-0.1, -0.05) is 57.5 Å². The predicted molar refractivity (Wildman–Crippen MR) is 89.7 cm³/mol. The van der Waals surface area contributed by atoms with Crippen LogP contribution < -0.4 is 0 Å². The molecule has 0 bridgehead atoms. The van der Waals surface area contributed by atoms with Crippen LogP contribution in [0.3, 0.4) is 0 Å². The van der Waals surface area contributed by atoms with Crippen molar-refractivity contribution in [2.45, 2.75) is 76.8 Å². The van der Waals surface area contributed by atoms with Crippen LogP contribution >= 0.6 is 11.8 Å². The fourth-order valence-electron chi connectivity index (χ4n) is 1.97. The smallest absolute Gasteiger partial charge is 0.188 e. The highest BCUT2D eigenvalue weighted by Crippen LogP contribution is 2.22. The molecule has 114 valence electrons. The number of ether oxygens (including phenoxy) is 1. The van der Waals surface area contributed by atoms with Crippen molar-refractivity contribution in [2.24, 2.45) is 0 Å². The normalized spacial score (nSPS) is 12.9. The first-order valence-corrected chi connectivity index (χ1v) is 11.7. The minimum atomic E-state index is -0.774. The molecule has 0 saturated carbocycles. The van der Waals surface area contributed by atoms with Gasteiger partial charge in [0.2, 0.25) is 0 Å². The molecule has 0 aromatic rings. The van der Waals surface area contributed by atoms with Crippen LogP contribution in [0, 0.1) is 0 Å². The van der Waals surface area contributed by atoms with Gasteiger partial charge in [0.1, 0.15) is 0 Å². The van der Waals surface area contributed by atoms with Crippen molar-refractivity contribution in [2.75, 3.05) is 13.2 Å². The van der Waals surface area contributed by atoms with E-state index in [1.54, 1.807) is 11.8 Å². The quantitative estimate of drug-likeness (QED) is 0.394. The molecule has 0 spiro atoms. The average molecular weight is 305 g/mol. The lowest BCUT2D eigenvalue weighted by Crippen LogP contribution is -2.24. The van der Waals surface area contributed by atoms with Crippen LogP contribution in [0.2, 0.25) is 13.1 Å². The molecular weight excluding hydrogens is 272 g/mol. The van der Waals surface area contributed by atoms with Gasteiger partial charge >= 0.3 is 0 Å². The lowest BCUT2D eigenvalue weighted by atomic mass is 10.1. The summed E-state index contributed by atoms with van der Waals surface area (Å²) in [6, 6.07) is 0. The maximum atomic E-state index is 12.0. The maximum absolute atomic E-state index is 12.0. The summed E-state index contributed by atoms with van der Waals surface area (Å²) in [6.07, 6.45) is 7.94. The molecule has 1 atom stereocenters. The Bertz CT molecular complexity index is 222. The average Bonchev–Trinajstić information content (AvgIpc) is 2.37. The van der Waals surface area contributed by atoms with Crippen LogP contribution in [-0.4, -0.2) is 32.0 Å². The van der Waals surface area contributed by atoms with E-state index < -0.39 is 8.80 Å². The van der Waals surface area contributed by atoms with Gasteiger partial charge in [-0.25, -0.2) is 0 Å². The Morgan fingerprint density at radius 2 is 1.84 bits per heavy atom. The molecular formula is C15H32O2SSi. The van der Waals surface area contributed by atoms with Crippen LogP contribution in [0.25, 0.3) is 0 Å². The lowest BCUT2D eigenvalue weighted by Gasteiger charge is -2.18. The molecule has 1 unspecified atom stereocenters. The molecule has 0 radical (unpaired) electrons. The van der Waals surface area contributed by atoms with Crippen LogP contribution in [0.5, 0.6) is 0 Å². The SMILES string of the molecule is CCCCCCCC(=O)SC(CCOCC)[SiH](C)C. The zero-order valence-corrected chi connectivity index (χ0v) is 15.2. The van der Waals surface area contributed by atoms with E-state index in [1.165, 1.54) is 25.7 Å². The van der Waals surface area contributed by atoms with E-state index in [1.807, 2.05) is 6.92 Å². The van der Waals surface area contributed by atoms with Crippen molar-refractivity contribution < 1.29 is 9.53 Å². The Kier molecular flexibility index (Phi) is 13.3. The zero-order chi connectivity index (χ0) is 14.5. The van der Waals surface area contributed by atoms with Crippen molar-refractivity contribution in [3.63, 3.8) is 0 Å². The molecule has 19 heavy (non-hydrogen) atoms. The van der Waals surface area contributed by atoms with Crippen molar-refractivity contribution in [1.29, 1.82) is 0 Å². The summed E-state index contributed by atoms with van der Waals surface area (Å²) in [5.74, 6) is 0. The molecule has 0 rings (SSSR count). The summed E-state index contributed by atoms with van der Waals surface area (Å²) >= 11 is 1.61. The monoisotopic (exact) mass is 304 g/mol. The van der Waals surface area contributed by atoms with Gasteiger partial charge in [-0.15, -0.1) is 0 Å². The number of hydrogen-bond donors (Lipinski definition) is 0. The van der Waals surface area contributed by atoms with Gasteiger partial charge < -0.3 is 4.74 Å². The fourth-order valence-corrected chi connectivity index (χ4v) is 5.13. The van der Waals surface area contributed by atoms with Crippen molar-refractivity contribution >= 4 is 25.7 Å². The van der Waals surface area contributed by atoms with Crippen molar-refractivity contribution in [1.82, 2.24) is 0 Å². The van der Waals surface area contributed by atoms with E-state index in [0.717, 1.165) is 32.5 Å². The van der Waals surface area contributed by atoms with Crippen LogP contribution in [-0.2, 0) is 9.53 Å². The standard InChI is InChI=1S/C15H32O2SSi/c1-5-7-8-9-10-11-14(16)18-15(19(3)4)12-13-17-6-2/h15,19H,5-13H2,1-4H3. The van der Waals surface area contributed by atoms with Crippen LogP contribution in [0.4, 0.5) is 0 Å². The fraction of sp³-hybridized carbons (Fsp3) is 0.933. The molecule has 0 aliphatic rings. The second-order valence-corrected chi connectivity index (χ2v) is 10.5. The molecule has 2 nitrogen and oxygen atoms in total. The van der Waals surface area contributed by atoms with E-state index in [2.05, 4.69) is 20.0 Å². The van der Waals surface area contributed by atoms with E-state index >= 15 is 0 Å². The van der Waals surface area contributed by atoms with Gasteiger partial charge in [0.15, 0.2) is 5.12 Å². The van der Waals surface area contributed by atoms with Crippen LogP contribution in [0.15, 0.2) is 0 Å². The molecule has 4 heteroatoms. The summed E-state index contributed by atoms with van der Waals surface area (Å²) < 4.78 is 5.42. The molecule has 0 aliphatic heterocycles. The molecule has 0 amide bonds. The minimum Gasteiger partial charge on any atom is -0.382 e. The second-order valence-electron chi connectivity index (χ2n) is 5.42. The van der Waals surface area contributed by atoms with Gasteiger partial charge in [0.05, 0.1) is 0 Å². The third-order valence-electron chi connectivity index (χ3n) is 3.26. The van der Waals surface area contributed by atoms with E-state index in [0.29, 0.717) is 9.99 Å². The third-order valence-corrected chi connectivity index (χ3v) is 8.13. The number of carbonyl (C=O) groups excluding carboxylic acids is 1. The summed E-state index contributed by atoms with van der Waals surface area (Å²) in [5.41, 5.74) is 0. The van der Waals surface area contributed by atoms with Crippen LogP contribution in [0.1, 0.15) is 58.8 Å². The van der Waals surface area contributed by atoms with Gasteiger partial charge in [-0.3, -0.25) is 4.79 Å². The maximum Gasteiger partial charge on any atom is 0.188 e. The highest BCUT2D eigenvalue weighted by atomic mass is 32.2. The Hall–Kier alpha value is 0.197. The number of carbonyl (C=O) groups is 1. The Balaban J connectivity index is 3.77. The van der Waals surface area contributed by atoms with Gasteiger partial charge in [-0.05, 0) is 19.8 Å². The van der Waals surface area contributed by atoms with Crippen molar-refractivity contribution in [3.8, 4) is 0 Å². The van der Waals surface area contributed by atoms with Gasteiger partial charge in [0, 0.05) is 33.3 Å². The van der Waals surface area contributed by atoms with Crippen molar-refractivity contribution in [3.05, 3.63) is 0 Å². The number of thioether (sulfide) groups is 1. The Labute approximate surface area is 125 Å². The minimum absolute atomic E-state index is 0.402. The molecule has 0 aromatic carbocycles. The largest absolute Gasteiger partial charge is 0.382 e. The zero-order valence-electron chi connectivity index (χ0n) is 13.2. The molecule has 0 fully saturated rings. The van der Waals surface area contributed by atoms with E-state index in [-0.39, 0.29) is 0 Å².